The van der Waals surface area contributed by atoms with Crippen molar-refractivity contribution in [3.8, 4) is 6.07 Å². The van der Waals surface area contributed by atoms with Crippen LogP contribution in [0.25, 0.3) is 0 Å². The molecule has 1 heterocycles. The summed E-state index contributed by atoms with van der Waals surface area (Å²) >= 11 is 0. The van der Waals surface area contributed by atoms with E-state index < -0.39 is 0 Å². The average Bonchev–Trinajstić information content (AvgIpc) is 2.46. The summed E-state index contributed by atoms with van der Waals surface area (Å²) in [5, 5.41) is 13.0. The molecular weight excluding hydrogens is 226 g/mol. The van der Waals surface area contributed by atoms with Gasteiger partial charge in [0.05, 0.1) is 19.3 Å². The lowest BCUT2D eigenvalue weighted by molar-refractivity contribution is 0.00141. The fourth-order valence-electron chi connectivity index (χ4n) is 3.17. The van der Waals surface area contributed by atoms with Crippen LogP contribution in [-0.4, -0.2) is 49.3 Å². The molecule has 1 saturated carbocycles. The summed E-state index contributed by atoms with van der Waals surface area (Å²) in [6.07, 6.45) is 5.46. The molecule has 0 aromatic rings. The van der Waals surface area contributed by atoms with Gasteiger partial charge in [0.2, 0.25) is 0 Å². The van der Waals surface area contributed by atoms with Gasteiger partial charge in [-0.25, -0.2) is 0 Å². The van der Waals surface area contributed by atoms with Gasteiger partial charge in [0.1, 0.15) is 5.54 Å². The van der Waals surface area contributed by atoms with Crippen LogP contribution >= 0.6 is 0 Å². The molecule has 2 fully saturated rings. The second kappa shape index (κ2) is 6.51. The molecule has 2 aliphatic rings. The minimum Gasteiger partial charge on any atom is -0.379 e. The Hall–Kier alpha value is -0.630. The Morgan fingerprint density at radius 1 is 1.44 bits per heavy atom. The van der Waals surface area contributed by atoms with Crippen LogP contribution in [0.2, 0.25) is 0 Å². The zero-order chi connectivity index (χ0) is 12.8. The van der Waals surface area contributed by atoms with E-state index in [1.54, 1.807) is 0 Å². The number of nitrogens with one attached hydrogen (secondary N) is 1. The molecule has 0 aromatic heterocycles. The topological polar surface area (TPSA) is 48.3 Å². The van der Waals surface area contributed by atoms with Crippen LogP contribution in [-0.2, 0) is 4.74 Å². The molecule has 4 heteroatoms. The minimum absolute atomic E-state index is 0.281. The number of hydrogen-bond acceptors (Lipinski definition) is 4. The lowest BCUT2D eigenvalue weighted by atomic mass is 9.79. The van der Waals surface area contributed by atoms with Gasteiger partial charge in [-0.05, 0) is 38.6 Å². The van der Waals surface area contributed by atoms with Crippen LogP contribution in [0.4, 0.5) is 0 Å². The molecule has 2 unspecified atom stereocenters. The van der Waals surface area contributed by atoms with E-state index in [9.17, 15) is 5.26 Å². The summed E-state index contributed by atoms with van der Waals surface area (Å²) in [5.74, 6) is 0. The highest BCUT2D eigenvalue weighted by atomic mass is 16.5. The van der Waals surface area contributed by atoms with E-state index >= 15 is 0 Å². The maximum Gasteiger partial charge on any atom is 0.108 e. The summed E-state index contributed by atoms with van der Waals surface area (Å²) in [4.78, 5) is 2.52. The molecule has 18 heavy (non-hydrogen) atoms. The summed E-state index contributed by atoms with van der Waals surface area (Å²) in [6, 6.07) is 3.11. The van der Waals surface area contributed by atoms with Crippen molar-refractivity contribution in [1.82, 2.24) is 10.2 Å². The predicted molar refractivity (Wildman–Crippen MR) is 71.3 cm³/mol. The number of rotatable bonds is 4. The molecule has 1 N–H and O–H groups in total. The van der Waals surface area contributed by atoms with Gasteiger partial charge in [-0.15, -0.1) is 0 Å². The third-order valence-electron chi connectivity index (χ3n) is 4.21. The van der Waals surface area contributed by atoms with Crippen LogP contribution < -0.4 is 5.32 Å². The highest BCUT2D eigenvalue weighted by Gasteiger charge is 2.38. The maximum atomic E-state index is 9.53. The quantitative estimate of drug-likeness (QED) is 0.823. The lowest BCUT2D eigenvalue weighted by Crippen LogP contribution is -2.54. The van der Waals surface area contributed by atoms with Crippen LogP contribution in [0, 0.1) is 11.3 Å². The van der Waals surface area contributed by atoms with Crippen LogP contribution in [0.1, 0.15) is 39.0 Å². The van der Waals surface area contributed by atoms with Crippen molar-refractivity contribution < 1.29 is 4.74 Å². The van der Waals surface area contributed by atoms with Gasteiger partial charge in [-0.3, -0.25) is 10.2 Å². The van der Waals surface area contributed by atoms with Crippen molar-refractivity contribution in [3.63, 3.8) is 0 Å². The van der Waals surface area contributed by atoms with E-state index in [1.807, 2.05) is 0 Å². The fraction of sp³-hybridized carbons (Fsp3) is 0.929. The third kappa shape index (κ3) is 3.23. The first-order valence-corrected chi connectivity index (χ1v) is 7.28. The van der Waals surface area contributed by atoms with E-state index in [-0.39, 0.29) is 5.54 Å². The first-order chi connectivity index (χ1) is 8.79. The van der Waals surface area contributed by atoms with Gasteiger partial charge in [0.25, 0.3) is 0 Å². The fourth-order valence-corrected chi connectivity index (χ4v) is 3.17. The number of hydrogen-bond donors (Lipinski definition) is 1. The van der Waals surface area contributed by atoms with Crippen molar-refractivity contribution in [2.24, 2.45) is 0 Å². The Morgan fingerprint density at radius 2 is 2.22 bits per heavy atom. The molecule has 2 rings (SSSR count). The molecule has 0 radical (unpaired) electrons. The Morgan fingerprint density at radius 3 is 2.89 bits per heavy atom. The van der Waals surface area contributed by atoms with Gasteiger partial charge in [0.15, 0.2) is 0 Å². The Labute approximate surface area is 110 Å². The summed E-state index contributed by atoms with van der Waals surface area (Å²) in [5.41, 5.74) is -0.281. The van der Waals surface area contributed by atoms with Gasteiger partial charge in [-0.1, -0.05) is 6.92 Å². The number of nitriles is 1. The van der Waals surface area contributed by atoms with Crippen molar-refractivity contribution >= 4 is 0 Å². The van der Waals surface area contributed by atoms with Gasteiger partial charge in [-0.2, -0.15) is 5.26 Å². The van der Waals surface area contributed by atoms with E-state index in [2.05, 4.69) is 23.2 Å². The predicted octanol–water partition coefficient (Wildman–Crippen LogP) is 1.52. The zero-order valence-corrected chi connectivity index (χ0v) is 11.5. The molecule has 2 atom stereocenters. The van der Waals surface area contributed by atoms with Gasteiger partial charge < -0.3 is 4.74 Å². The van der Waals surface area contributed by atoms with Crippen molar-refractivity contribution in [2.45, 2.75) is 50.6 Å². The average molecular weight is 251 g/mol. The van der Waals surface area contributed by atoms with Gasteiger partial charge >= 0.3 is 0 Å². The van der Waals surface area contributed by atoms with E-state index in [0.29, 0.717) is 6.04 Å². The van der Waals surface area contributed by atoms with Gasteiger partial charge in [0, 0.05) is 19.1 Å². The molecule has 0 aromatic carbocycles. The van der Waals surface area contributed by atoms with E-state index in [4.69, 9.17) is 4.74 Å². The normalized spacial score (nSPS) is 34.1. The van der Waals surface area contributed by atoms with Crippen LogP contribution in [0.3, 0.4) is 0 Å². The van der Waals surface area contributed by atoms with E-state index in [1.165, 1.54) is 6.42 Å². The maximum absolute atomic E-state index is 9.53. The van der Waals surface area contributed by atoms with Crippen LogP contribution in [0.15, 0.2) is 0 Å². The zero-order valence-electron chi connectivity index (χ0n) is 11.5. The SMILES string of the molecule is CCCNC1(C#N)CCCC(N2CCOCC2)C1. The summed E-state index contributed by atoms with van der Waals surface area (Å²) in [7, 11) is 0. The number of morpholine rings is 1. The molecule has 0 bridgehead atoms. The summed E-state index contributed by atoms with van der Waals surface area (Å²) in [6.45, 7) is 6.85. The van der Waals surface area contributed by atoms with E-state index in [0.717, 1.165) is 58.5 Å². The molecule has 1 aliphatic carbocycles. The molecule has 4 nitrogen and oxygen atoms in total. The first kappa shape index (κ1) is 13.8. The first-order valence-electron chi connectivity index (χ1n) is 7.28. The molecule has 1 saturated heterocycles. The molecule has 1 aliphatic heterocycles. The smallest absolute Gasteiger partial charge is 0.108 e. The van der Waals surface area contributed by atoms with Crippen LogP contribution in [0.5, 0.6) is 0 Å². The second-order valence-electron chi connectivity index (χ2n) is 5.52. The Kier molecular flexibility index (Phi) is 4.99. The Bertz CT molecular complexity index is 296. The van der Waals surface area contributed by atoms with Crippen molar-refractivity contribution in [3.05, 3.63) is 0 Å². The minimum atomic E-state index is -0.281. The highest BCUT2D eigenvalue weighted by molar-refractivity contribution is 5.11. The molecule has 0 spiro atoms. The molecule has 102 valence electrons. The van der Waals surface area contributed by atoms with Crippen molar-refractivity contribution in [2.75, 3.05) is 32.8 Å². The largest absolute Gasteiger partial charge is 0.379 e. The summed E-state index contributed by atoms with van der Waals surface area (Å²) < 4.78 is 5.41. The monoisotopic (exact) mass is 251 g/mol. The standard InChI is InChI=1S/C14H25N3O/c1-2-6-16-14(12-15)5-3-4-13(11-14)17-7-9-18-10-8-17/h13,16H,2-11H2,1H3. The second-order valence-corrected chi connectivity index (χ2v) is 5.52. The number of nitrogens with zero attached hydrogens (tertiary/aromatic N) is 2. The molecule has 0 amide bonds. The Balaban J connectivity index is 1.95. The lowest BCUT2D eigenvalue weighted by Gasteiger charge is -2.43. The van der Waals surface area contributed by atoms with Crippen molar-refractivity contribution in [1.29, 1.82) is 5.26 Å². The highest BCUT2D eigenvalue weighted by Crippen LogP contribution is 2.31. The molecular formula is C14H25N3O. The number of ether oxygens (including phenoxy) is 1. The third-order valence-corrected chi connectivity index (χ3v) is 4.21.